The van der Waals surface area contributed by atoms with Crippen LogP contribution in [0.2, 0.25) is 0 Å². The third-order valence-corrected chi connectivity index (χ3v) is 4.66. The molecule has 1 saturated heterocycles. The number of nitrogens with zero attached hydrogens (tertiary/aromatic N) is 2. The molecule has 1 amide bonds. The number of rotatable bonds is 4. The maximum atomic E-state index is 12.3. The third kappa shape index (κ3) is 4.10. The highest BCUT2D eigenvalue weighted by molar-refractivity contribution is 5.94. The molecule has 124 valence electrons. The molecule has 0 saturated carbocycles. The Morgan fingerprint density at radius 1 is 1.22 bits per heavy atom. The van der Waals surface area contributed by atoms with E-state index in [1.807, 2.05) is 24.3 Å². The Morgan fingerprint density at radius 3 is 2.61 bits per heavy atom. The number of hydrogen-bond donors (Lipinski definition) is 2. The number of nitrogens with one attached hydrogen (secondary N) is 1. The highest BCUT2D eigenvalue weighted by Crippen LogP contribution is 2.19. The van der Waals surface area contributed by atoms with Gasteiger partial charge in [0, 0.05) is 37.9 Å². The maximum Gasteiger partial charge on any atom is 0.253 e. The van der Waals surface area contributed by atoms with E-state index in [0.717, 1.165) is 25.3 Å². The van der Waals surface area contributed by atoms with Gasteiger partial charge in [-0.2, -0.15) is 0 Å². The molecule has 1 aromatic rings. The van der Waals surface area contributed by atoms with Crippen molar-refractivity contribution in [3.05, 3.63) is 36.0 Å². The lowest BCUT2D eigenvalue weighted by atomic mass is 10.1. The minimum Gasteiger partial charge on any atom is -0.396 e. The minimum atomic E-state index is -0.104. The van der Waals surface area contributed by atoms with Crippen LogP contribution >= 0.6 is 0 Å². The predicted octanol–water partition coefficient (Wildman–Crippen LogP) is 2.13. The Bertz CT molecular complexity index is 548. The average molecular weight is 315 g/mol. The number of aliphatic hydroxyl groups excluding tert-OH is 1. The summed E-state index contributed by atoms with van der Waals surface area (Å²) in [6.45, 7) is 2.23. The van der Waals surface area contributed by atoms with E-state index in [-0.39, 0.29) is 24.5 Å². The van der Waals surface area contributed by atoms with Gasteiger partial charge in [-0.25, -0.2) is 4.98 Å². The molecule has 2 aliphatic rings. The van der Waals surface area contributed by atoms with Crippen molar-refractivity contribution in [3.8, 4) is 0 Å². The van der Waals surface area contributed by atoms with Gasteiger partial charge in [0.25, 0.3) is 5.91 Å². The first kappa shape index (κ1) is 16.0. The zero-order valence-corrected chi connectivity index (χ0v) is 13.4. The minimum absolute atomic E-state index is 0.00457. The summed E-state index contributed by atoms with van der Waals surface area (Å²) in [4.78, 5) is 19.1. The molecule has 0 bridgehead atoms. The summed E-state index contributed by atoms with van der Waals surface area (Å²) in [7, 11) is 0. The van der Waals surface area contributed by atoms with Gasteiger partial charge >= 0.3 is 0 Å². The van der Waals surface area contributed by atoms with Crippen molar-refractivity contribution in [2.45, 2.75) is 38.1 Å². The number of anilines is 1. The number of aliphatic hydroxyl groups is 1. The van der Waals surface area contributed by atoms with Crippen LogP contribution in [-0.4, -0.2) is 41.7 Å². The third-order valence-electron chi connectivity index (χ3n) is 4.66. The smallest absolute Gasteiger partial charge is 0.253 e. The first-order chi connectivity index (χ1) is 11.3. The molecule has 0 unspecified atom stereocenters. The summed E-state index contributed by atoms with van der Waals surface area (Å²) in [5.41, 5.74) is 0.587. The maximum absolute atomic E-state index is 12.3. The van der Waals surface area contributed by atoms with E-state index in [1.54, 1.807) is 6.20 Å². The van der Waals surface area contributed by atoms with Crippen LogP contribution in [-0.2, 0) is 0 Å². The standard InChI is InChI=1S/C18H25N3O2/c22-13-14-5-7-16(11-14)20-18(23)15-6-8-17(19-12-15)21-9-3-1-2-4-10-21/h5-8,12,14,16,22H,1-4,9-11,13H2,(H,20,23)/t14-,16+/m0/s1. The van der Waals surface area contributed by atoms with Gasteiger partial charge in [-0.1, -0.05) is 25.0 Å². The van der Waals surface area contributed by atoms with E-state index in [0.29, 0.717) is 5.56 Å². The predicted molar refractivity (Wildman–Crippen MR) is 90.5 cm³/mol. The summed E-state index contributed by atoms with van der Waals surface area (Å²) in [6.07, 6.45) is 11.4. The molecule has 0 aromatic carbocycles. The lowest BCUT2D eigenvalue weighted by Gasteiger charge is -2.21. The molecule has 1 aromatic heterocycles. The van der Waals surface area contributed by atoms with E-state index in [1.165, 1.54) is 25.7 Å². The fraction of sp³-hybridized carbons (Fsp3) is 0.556. The van der Waals surface area contributed by atoms with Crippen molar-refractivity contribution in [1.82, 2.24) is 10.3 Å². The van der Waals surface area contributed by atoms with E-state index in [4.69, 9.17) is 5.11 Å². The molecule has 0 spiro atoms. The van der Waals surface area contributed by atoms with Gasteiger partial charge in [0.05, 0.1) is 5.56 Å². The van der Waals surface area contributed by atoms with Crippen molar-refractivity contribution < 1.29 is 9.90 Å². The highest BCUT2D eigenvalue weighted by atomic mass is 16.3. The topological polar surface area (TPSA) is 65.5 Å². The van der Waals surface area contributed by atoms with Crippen LogP contribution < -0.4 is 10.2 Å². The number of amides is 1. The first-order valence-electron chi connectivity index (χ1n) is 8.57. The zero-order chi connectivity index (χ0) is 16.1. The van der Waals surface area contributed by atoms with E-state index in [9.17, 15) is 4.79 Å². The Morgan fingerprint density at radius 2 is 2.00 bits per heavy atom. The Hall–Kier alpha value is -1.88. The van der Waals surface area contributed by atoms with E-state index in [2.05, 4.69) is 15.2 Å². The van der Waals surface area contributed by atoms with Crippen LogP contribution in [0.25, 0.3) is 0 Å². The average Bonchev–Trinajstić information content (AvgIpc) is 2.86. The van der Waals surface area contributed by atoms with Crippen molar-refractivity contribution >= 4 is 11.7 Å². The fourth-order valence-corrected chi connectivity index (χ4v) is 3.28. The number of pyridine rings is 1. The van der Waals surface area contributed by atoms with Crippen LogP contribution in [0.1, 0.15) is 42.5 Å². The molecule has 2 heterocycles. The molecule has 2 N–H and O–H groups in total. The van der Waals surface area contributed by atoms with Gasteiger partial charge in [0.1, 0.15) is 5.82 Å². The summed E-state index contributed by atoms with van der Waals surface area (Å²) in [6, 6.07) is 3.80. The van der Waals surface area contributed by atoms with Crippen molar-refractivity contribution in [3.63, 3.8) is 0 Å². The zero-order valence-electron chi connectivity index (χ0n) is 13.4. The summed E-state index contributed by atoms with van der Waals surface area (Å²) in [5, 5.41) is 12.1. The molecular weight excluding hydrogens is 290 g/mol. The molecule has 3 rings (SSSR count). The molecule has 1 aliphatic carbocycles. The van der Waals surface area contributed by atoms with Crippen LogP contribution in [0.4, 0.5) is 5.82 Å². The molecule has 2 atom stereocenters. The van der Waals surface area contributed by atoms with Gasteiger partial charge in [-0.3, -0.25) is 4.79 Å². The summed E-state index contributed by atoms with van der Waals surface area (Å²) in [5.74, 6) is 1.02. The Balaban J connectivity index is 1.58. The van der Waals surface area contributed by atoms with Gasteiger partial charge < -0.3 is 15.3 Å². The van der Waals surface area contributed by atoms with Crippen molar-refractivity contribution in [1.29, 1.82) is 0 Å². The number of carbonyl (C=O) groups excluding carboxylic acids is 1. The second-order valence-electron chi connectivity index (χ2n) is 6.45. The molecule has 1 aliphatic heterocycles. The normalized spacial score (nSPS) is 24.5. The molecule has 0 radical (unpaired) electrons. The van der Waals surface area contributed by atoms with E-state index >= 15 is 0 Å². The largest absolute Gasteiger partial charge is 0.396 e. The van der Waals surface area contributed by atoms with E-state index < -0.39 is 0 Å². The van der Waals surface area contributed by atoms with Crippen LogP contribution in [0, 0.1) is 5.92 Å². The summed E-state index contributed by atoms with van der Waals surface area (Å²) < 4.78 is 0. The molecule has 5 heteroatoms. The van der Waals surface area contributed by atoms with Crippen molar-refractivity contribution in [2.24, 2.45) is 5.92 Å². The number of carbonyl (C=O) groups is 1. The quantitative estimate of drug-likeness (QED) is 0.836. The molecular formula is C18H25N3O2. The van der Waals surface area contributed by atoms with Crippen LogP contribution in [0.3, 0.4) is 0 Å². The molecule has 1 fully saturated rings. The Kier molecular flexibility index (Phi) is 5.28. The van der Waals surface area contributed by atoms with Crippen molar-refractivity contribution in [2.75, 3.05) is 24.6 Å². The van der Waals surface area contributed by atoms with Crippen LogP contribution in [0.15, 0.2) is 30.5 Å². The van der Waals surface area contributed by atoms with Gasteiger partial charge in [-0.15, -0.1) is 0 Å². The van der Waals surface area contributed by atoms with Gasteiger partial charge in [0.2, 0.25) is 0 Å². The number of hydrogen-bond acceptors (Lipinski definition) is 4. The summed E-state index contributed by atoms with van der Waals surface area (Å²) >= 11 is 0. The first-order valence-corrected chi connectivity index (χ1v) is 8.57. The fourth-order valence-electron chi connectivity index (χ4n) is 3.28. The highest BCUT2D eigenvalue weighted by Gasteiger charge is 2.20. The monoisotopic (exact) mass is 315 g/mol. The number of aromatic nitrogens is 1. The molecule has 5 nitrogen and oxygen atoms in total. The van der Waals surface area contributed by atoms with Gasteiger partial charge in [0.15, 0.2) is 0 Å². The SMILES string of the molecule is O=C(N[C@@H]1C=C[C@H](CO)C1)c1ccc(N2CCCCCC2)nc1. The Labute approximate surface area is 137 Å². The van der Waals surface area contributed by atoms with Gasteiger partial charge in [-0.05, 0) is 31.4 Å². The second kappa shape index (κ2) is 7.59. The van der Waals surface area contributed by atoms with Crippen LogP contribution in [0.5, 0.6) is 0 Å². The lowest BCUT2D eigenvalue weighted by Crippen LogP contribution is -2.33. The molecule has 23 heavy (non-hydrogen) atoms. The second-order valence-corrected chi connectivity index (χ2v) is 6.45. The lowest BCUT2D eigenvalue weighted by molar-refractivity contribution is 0.0940.